The lowest BCUT2D eigenvalue weighted by atomic mass is 10.0. The van der Waals surface area contributed by atoms with Crippen LogP contribution in [0.3, 0.4) is 0 Å². The van der Waals surface area contributed by atoms with E-state index in [2.05, 4.69) is 12.0 Å². The number of ether oxygens (including phenoxy) is 1. The number of pyridine rings is 1. The molecule has 2 aliphatic heterocycles. The average Bonchev–Trinajstić information content (AvgIpc) is 3.33. The maximum atomic E-state index is 13.2. The molecule has 3 heterocycles. The fourth-order valence-corrected chi connectivity index (χ4v) is 5.32. The average molecular weight is 461 g/mol. The van der Waals surface area contributed by atoms with Gasteiger partial charge in [0.2, 0.25) is 0 Å². The lowest BCUT2D eigenvalue weighted by molar-refractivity contribution is -0.923. The zero-order valence-electron chi connectivity index (χ0n) is 19.6. The number of hydrogen-bond acceptors (Lipinski definition) is 3. The summed E-state index contributed by atoms with van der Waals surface area (Å²) in [4.78, 5) is 19.8. The molecule has 5 nitrogen and oxygen atoms in total. The number of nitrogens with zero attached hydrogens (tertiary/aromatic N) is 3. The van der Waals surface area contributed by atoms with Gasteiger partial charge in [-0.25, -0.2) is 9.37 Å². The summed E-state index contributed by atoms with van der Waals surface area (Å²) in [5, 5.41) is 0. The lowest BCUT2D eigenvalue weighted by Gasteiger charge is -2.42. The topological polar surface area (TPSA) is 42.4 Å². The Morgan fingerprint density at radius 2 is 1.56 bits per heavy atom. The molecule has 5 rings (SSSR count). The highest BCUT2D eigenvalue weighted by molar-refractivity contribution is 5.93. The Hall–Kier alpha value is -3.25. The molecule has 0 N–H and O–H groups in total. The first-order valence-electron chi connectivity index (χ1n) is 12.1. The largest absolute Gasteiger partial charge is 0.457 e. The number of hydrogen-bond donors (Lipinski definition) is 0. The molecular weight excluding hydrogens is 429 g/mol. The van der Waals surface area contributed by atoms with Crippen LogP contribution in [0.4, 0.5) is 4.39 Å². The molecule has 0 atom stereocenters. The van der Waals surface area contributed by atoms with Gasteiger partial charge in [0, 0.05) is 44.3 Å². The number of amides is 1. The molecule has 0 bridgehead atoms. The fraction of sp³-hybridized carbons (Fsp3) is 0.357. The van der Waals surface area contributed by atoms with E-state index in [-0.39, 0.29) is 11.7 Å². The van der Waals surface area contributed by atoms with Crippen molar-refractivity contribution in [2.45, 2.75) is 31.7 Å². The third kappa shape index (κ3) is 4.82. The molecular formula is C28H31FN3O2+. The Balaban J connectivity index is 1.23. The maximum Gasteiger partial charge on any atom is 0.272 e. The molecule has 2 aliphatic rings. The van der Waals surface area contributed by atoms with Gasteiger partial charge in [-0.2, -0.15) is 0 Å². The molecule has 0 radical (unpaired) electrons. The standard InChI is InChI=1S/C28H31FN3O2/c1-32(19-2-3-20-32)23-15-17-31(18-16-23)28(33)27-6-4-5-26(30-27)21-7-11-24(12-8-21)34-25-13-9-22(29)10-14-25/h4-14,23H,2-3,15-20H2,1H3/q+1. The molecule has 2 aromatic carbocycles. The maximum absolute atomic E-state index is 13.2. The van der Waals surface area contributed by atoms with E-state index in [1.165, 1.54) is 42.5 Å². The second kappa shape index (κ2) is 9.55. The van der Waals surface area contributed by atoms with Gasteiger partial charge in [-0.15, -0.1) is 0 Å². The van der Waals surface area contributed by atoms with E-state index in [0.29, 0.717) is 23.2 Å². The molecule has 0 saturated carbocycles. The quantitative estimate of drug-likeness (QED) is 0.471. The smallest absolute Gasteiger partial charge is 0.272 e. The summed E-state index contributed by atoms with van der Waals surface area (Å²) in [7, 11) is 2.39. The highest BCUT2D eigenvalue weighted by Gasteiger charge is 2.38. The zero-order chi connectivity index (χ0) is 23.5. The third-order valence-electron chi connectivity index (χ3n) is 7.39. The number of benzene rings is 2. The van der Waals surface area contributed by atoms with Crippen molar-refractivity contribution in [1.29, 1.82) is 0 Å². The Morgan fingerprint density at radius 3 is 2.21 bits per heavy atom. The molecule has 2 saturated heterocycles. The highest BCUT2D eigenvalue weighted by Crippen LogP contribution is 2.29. The van der Waals surface area contributed by atoms with Crippen LogP contribution < -0.4 is 4.74 Å². The number of likely N-dealkylation sites (tertiary alicyclic amines) is 2. The highest BCUT2D eigenvalue weighted by atomic mass is 19.1. The van der Waals surface area contributed by atoms with Crippen LogP contribution in [-0.2, 0) is 0 Å². The number of quaternary nitrogens is 1. The van der Waals surface area contributed by atoms with Crippen molar-refractivity contribution in [3.8, 4) is 22.8 Å². The van der Waals surface area contributed by atoms with Crippen molar-refractivity contribution in [1.82, 2.24) is 9.88 Å². The predicted molar refractivity (Wildman–Crippen MR) is 130 cm³/mol. The molecule has 0 aliphatic carbocycles. The Labute approximate surface area is 200 Å². The molecule has 1 aromatic heterocycles. The van der Waals surface area contributed by atoms with Gasteiger partial charge in [0.25, 0.3) is 5.91 Å². The van der Waals surface area contributed by atoms with E-state index in [9.17, 15) is 9.18 Å². The number of piperidine rings is 1. The Morgan fingerprint density at radius 1 is 0.941 bits per heavy atom. The van der Waals surface area contributed by atoms with Gasteiger partial charge in [0.05, 0.1) is 31.9 Å². The van der Waals surface area contributed by atoms with Crippen LogP contribution in [0.25, 0.3) is 11.3 Å². The normalized spacial score (nSPS) is 18.1. The van der Waals surface area contributed by atoms with Gasteiger partial charge in [-0.05, 0) is 60.7 Å². The molecule has 34 heavy (non-hydrogen) atoms. The minimum Gasteiger partial charge on any atom is -0.457 e. The summed E-state index contributed by atoms with van der Waals surface area (Å²) in [5.74, 6) is 0.944. The Bertz CT molecular complexity index is 1130. The number of carbonyl (C=O) groups is 1. The summed E-state index contributed by atoms with van der Waals surface area (Å²) in [5.41, 5.74) is 2.15. The van der Waals surface area contributed by atoms with Crippen molar-refractivity contribution in [3.05, 3.63) is 78.2 Å². The second-order valence-corrected chi connectivity index (χ2v) is 9.65. The molecule has 3 aromatic rings. The molecule has 2 fully saturated rings. The van der Waals surface area contributed by atoms with Crippen LogP contribution in [0.2, 0.25) is 0 Å². The summed E-state index contributed by atoms with van der Waals surface area (Å²) in [6.45, 7) is 4.16. The lowest BCUT2D eigenvalue weighted by Crippen LogP contribution is -2.55. The zero-order valence-corrected chi connectivity index (χ0v) is 19.6. The minimum atomic E-state index is -0.296. The van der Waals surface area contributed by atoms with Gasteiger partial charge < -0.3 is 14.1 Å². The second-order valence-electron chi connectivity index (χ2n) is 9.65. The fourth-order valence-electron chi connectivity index (χ4n) is 5.32. The van der Waals surface area contributed by atoms with Crippen LogP contribution in [0.15, 0.2) is 66.7 Å². The van der Waals surface area contributed by atoms with E-state index < -0.39 is 0 Å². The van der Waals surface area contributed by atoms with E-state index >= 15 is 0 Å². The number of halogens is 1. The van der Waals surface area contributed by atoms with Crippen LogP contribution in [0.1, 0.15) is 36.2 Å². The number of aromatic nitrogens is 1. The number of rotatable bonds is 5. The minimum absolute atomic E-state index is 0.0145. The van der Waals surface area contributed by atoms with Crippen LogP contribution in [0, 0.1) is 5.82 Å². The van der Waals surface area contributed by atoms with E-state index in [1.807, 2.05) is 41.3 Å². The van der Waals surface area contributed by atoms with Gasteiger partial charge in [-0.3, -0.25) is 4.79 Å². The van der Waals surface area contributed by atoms with Crippen molar-refractivity contribution in [2.75, 3.05) is 33.2 Å². The van der Waals surface area contributed by atoms with Crippen molar-refractivity contribution >= 4 is 5.91 Å². The Kier molecular flexibility index (Phi) is 6.33. The first kappa shape index (κ1) is 22.5. The first-order chi connectivity index (χ1) is 16.5. The van der Waals surface area contributed by atoms with E-state index in [1.54, 1.807) is 18.2 Å². The van der Waals surface area contributed by atoms with Gasteiger partial charge in [0.15, 0.2) is 0 Å². The SMILES string of the molecule is C[N+]1(C2CCN(C(=O)c3cccc(-c4ccc(Oc5ccc(F)cc5)cc4)n3)CC2)CCCC1. The first-order valence-corrected chi connectivity index (χ1v) is 12.1. The summed E-state index contributed by atoms with van der Waals surface area (Å²) >= 11 is 0. The van der Waals surface area contributed by atoms with Crippen LogP contribution in [-0.4, -0.2) is 59.5 Å². The number of carbonyl (C=O) groups excluding carboxylic acids is 1. The predicted octanol–water partition coefficient (Wildman–Crippen LogP) is 5.53. The third-order valence-corrected chi connectivity index (χ3v) is 7.39. The molecule has 176 valence electrons. The molecule has 6 heteroatoms. The molecule has 0 spiro atoms. The van der Waals surface area contributed by atoms with Crippen LogP contribution >= 0.6 is 0 Å². The van der Waals surface area contributed by atoms with Gasteiger partial charge in [-0.1, -0.05) is 6.07 Å². The summed E-state index contributed by atoms with van der Waals surface area (Å²) in [6, 6.07) is 19.7. The van der Waals surface area contributed by atoms with E-state index in [4.69, 9.17) is 4.74 Å². The van der Waals surface area contributed by atoms with Crippen molar-refractivity contribution in [3.63, 3.8) is 0 Å². The molecule has 1 amide bonds. The monoisotopic (exact) mass is 460 g/mol. The van der Waals surface area contributed by atoms with Gasteiger partial charge in [0.1, 0.15) is 23.0 Å². The van der Waals surface area contributed by atoms with E-state index in [0.717, 1.165) is 37.2 Å². The van der Waals surface area contributed by atoms with Crippen molar-refractivity contribution in [2.24, 2.45) is 0 Å². The van der Waals surface area contributed by atoms with Crippen LogP contribution in [0.5, 0.6) is 11.5 Å². The summed E-state index contributed by atoms with van der Waals surface area (Å²) in [6.07, 6.45) is 4.78. The van der Waals surface area contributed by atoms with Gasteiger partial charge >= 0.3 is 0 Å². The van der Waals surface area contributed by atoms with Crippen molar-refractivity contribution < 1.29 is 18.4 Å². The summed E-state index contributed by atoms with van der Waals surface area (Å²) < 4.78 is 20.0. The molecule has 0 unspecified atom stereocenters.